The summed E-state index contributed by atoms with van der Waals surface area (Å²) in [4.78, 5) is 14.9. The molecule has 0 aromatic heterocycles. The van der Waals surface area contributed by atoms with E-state index in [-0.39, 0.29) is 12.0 Å². The molecule has 1 aliphatic rings. The highest BCUT2D eigenvalue weighted by Crippen LogP contribution is 2.41. The summed E-state index contributed by atoms with van der Waals surface area (Å²) in [5.41, 5.74) is -0.881. The number of carbonyl (C=O) groups excluding carboxylic acids is 1. The second-order valence-electron chi connectivity index (χ2n) is 6.81. The summed E-state index contributed by atoms with van der Waals surface area (Å²) in [7, 11) is 3.91. The van der Waals surface area contributed by atoms with Crippen LogP contribution < -0.4 is 0 Å². The lowest BCUT2D eigenvalue weighted by atomic mass is 9.80. The Balaban J connectivity index is 2.24. The van der Waals surface area contributed by atoms with Crippen LogP contribution in [0, 0.1) is 5.92 Å². The maximum atomic E-state index is 12.9. The molecule has 0 spiro atoms. The van der Waals surface area contributed by atoms with Crippen molar-refractivity contribution in [3.8, 4) is 0 Å². The molecule has 1 unspecified atom stereocenters. The average molecular weight is 319 g/mol. The molecule has 0 radical (unpaired) electrons. The van der Waals surface area contributed by atoms with Crippen molar-refractivity contribution in [2.24, 2.45) is 5.92 Å². The Labute approximate surface area is 139 Å². The van der Waals surface area contributed by atoms with Crippen LogP contribution in [0.5, 0.6) is 0 Å². The standard InChI is InChI=1S/C19H29NO3/c1-4-17(14-20(2)3)23-18(21)19(22,16-12-8-9-13-16)15-10-6-5-7-11-15/h5-7,10-11,16-17,22H,4,8-9,12-14H2,1-3H3/t17?,19-/m0/s1. The summed E-state index contributed by atoms with van der Waals surface area (Å²) in [6, 6.07) is 9.27. The molecule has 2 atom stereocenters. The molecule has 0 bridgehead atoms. The molecule has 23 heavy (non-hydrogen) atoms. The van der Waals surface area contributed by atoms with Gasteiger partial charge in [0.2, 0.25) is 0 Å². The first kappa shape index (κ1) is 18.0. The Morgan fingerprint density at radius 2 is 1.91 bits per heavy atom. The fourth-order valence-corrected chi connectivity index (χ4v) is 3.45. The number of carbonyl (C=O) groups is 1. The fraction of sp³-hybridized carbons (Fsp3) is 0.632. The number of aliphatic hydroxyl groups is 1. The smallest absolute Gasteiger partial charge is 0.343 e. The summed E-state index contributed by atoms with van der Waals surface area (Å²) in [6.07, 6.45) is 4.38. The van der Waals surface area contributed by atoms with Gasteiger partial charge in [0, 0.05) is 12.5 Å². The van der Waals surface area contributed by atoms with Crippen molar-refractivity contribution in [3.63, 3.8) is 0 Å². The van der Waals surface area contributed by atoms with Gasteiger partial charge in [-0.05, 0) is 38.9 Å². The zero-order chi connectivity index (χ0) is 16.9. The van der Waals surface area contributed by atoms with Crippen LogP contribution in [0.1, 0.15) is 44.6 Å². The van der Waals surface area contributed by atoms with Crippen molar-refractivity contribution in [2.45, 2.75) is 50.7 Å². The second-order valence-corrected chi connectivity index (χ2v) is 6.81. The highest BCUT2D eigenvalue weighted by molar-refractivity contribution is 5.81. The van der Waals surface area contributed by atoms with Crippen molar-refractivity contribution in [1.82, 2.24) is 4.90 Å². The predicted molar refractivity (Wildman–Crippen MR) is 91.0 cm³/mol. The van der Waals surface area contributed by atoms with Crippen molar-refractivity contribution >= 4 is 5.97 Å². The Bertz CT molecular complexity index is 497. The molecule has 0 amide bonds. The van der Waals surface area contributed by atoms with Gasteiger partial charge in [0.1, 0.15) is 6.10 Å². The van der Waals surface area contributed by atoms with E-state index in [1.165, 1.54) is 0 Å². The largest absolute Gasteiger partial charge is 0.459 e. The number of hydrogen-bond donors (Lipinski definition) is 1. The van der Waals surface area contributed by atoms with E-state index in [4.69, 9.17) is 4.74 Å². The minimum Gasteiger partial charge on any atom is -0.459 e. The fourth-order valence-electron chi connectivity index (χ4n) is 3.45. The lowest BCUT2D eigenvalue weighted by molar-refractivity contribution is -0.180. The first-order valence-electron chi connectivity index (χ1n) is 8.62. The number of esters is 1. The Morgan fingerprint density at radius 1 is 1.30 bits per heavy atom. The zero-order valence-corrected chi connectivity index (χ0v) is 14.5. The topological polar surface area (TPSA) is 49.8 Å². The molecule has 0 saturated heterocycles. The van der Waals surface area contributed by atoms with Crippen LogP contribution in [0.2, 0.25) is 0 Å². The van der Waals surface area contributed by atoms with Gasteiger partial charge in [-0.1, -0.05) is 50.1 Å². The quantitative estimate of drug-likeness (QED) is 0.785. The van der Waals surface area contributed by atoms with Gasteiger partial charge in [-0.25, -0.2) is 4.79 Å². The Hall–Kier alpha value is -1.39. The second kappa shape index (κ2) is 7.93. The third-order valence-corrected chi connectivity index (χ3v) is 4.77. The molecule has 128 valence electrons. The Kier molecular flexibility index (Phi) is 6.19. The number of nitrogens with zero attached hydrogens (tertiary/aromatic N) is 1. The van der Waals surface area contributed by atoms with Gasteiger partial charge in [0.05, 0.1) is 0 Å². The van der Waals surface area contributed by atoms with Gasteiger partial charge in [0.25, 0.3) is 0 Å². The van der Waals surface area contributed by atoms with Crippen LogP contribution in [0.3, 0.4) is 0 Å². The van der Waals surface area contributed by atoms with Crippen LogP contribution >= 0.6 is 0 Å². The number of hydrogen-bond acceptors (Lipinski definition) is 4. The van der Waals surface area contributed by atoms with Gasteiger partial charge in [-0.15, -0.1) is 0 Å². The summed E-state index contributed by atoms with van der Waals surface area (Å²) >= 11 is 0. The molecular weight excluding hydrogens is 290 g/mol. The van der Waals surface area contributed by atoms with E-state index in [1.54, 1.807) is 0 Å². The van der Waals surface area contributed by atoms with Crippen LogP contribution in [0.4, 0.5) is 0 Å². The monoisotopic (exact) mass is 319 g/mol. The van der Waals surface area contributed by atoms with Crippen molar-refractivity contribution in [2.75, 3.05) is 20.6 Å². The van der Waals surface area contributed by atoms with Crippen LogP contribution in [0.25, 0.3) is 0 Å². The van der Waals surface area contributed by atoms with E-state index < -0.39 is 11.6 Å². The van der Waals surface area contributed by atoms with E-state index in [0.29, 0.717) is 12.1 Å². The van der Waals surface area contributed by atoms with Gasteiger partial charge >= 0.3 is 5.97 Å². The van der Waals surface area contributed by atoms with Gasteiger partial charge in [-0.3, -0.25) is 0 Å². The first-order valence-corrected chi connectivity index (χ1v) is 8.62. The van der Waals surface area contributed by atoms with Crippen LogP contribution in [-0.4, -0.2) is 42.7 Å². The highest BCUT2D eigenvalue weighted by Gasteiger charge is 2.48. The van der Waals surface area contributed by atoms with Gasteiger partial charge < -0.3 is 14.7 Å². The normalized spacial score (nSPS) is 19.5. The van der Waals surface area contributed by atoms with E-state index >= 15 is 0 Å². The minimum absolute atomic E-state index is 0.0609. The average Bonchev–Trinajstić information content (AvgIpc) is 3.08. The van der Waals surface area contributed by atoms with E-state index in [0.717, 1.165) is 32.1 Å². The highest BCUT2D eigenvalue weighted by atomic mass is 16.6. The lowest BCUT2D eigenvalue weighted by Crippen LogP contribution is -2.46. The Morgan fingerprint density at radius 3 is 2.43 bits per heavy atom. The molecule has 1 aromatic carbocycles. The SMILES string of the molecule is CCC(CN(C)C)OC(=O)[C@](O)(c1ccccc1)C1CCCC1. The molecule has 1 aromatic rings. The van der Waals surface area contributed by atoms with Crippen molar-refractivity contribution < 1.29 is 14.6 Å². The van der Waals surface area contributed by atoms with E-state index in [9.17, 15) is 9.90 Å². The number of ether oxygens (including phenoxy) is 1. The molecule has 1 N–H and O–H groups in total. The molecular formula is C19H29NO3. The molecule has 2 rings (SSSR count). The number of benzene rings is 1. The zero-order valence-electron chi connectivity index (χ0n) is 14.5. The van der Waals surface area contributed by atoms with Gasteiger partial charge in [0.15, 0.2) is 5.60 Å². The summed E-state index contributed by atoms with van der Waals surface area (Å²) < 4.78 is 5.71. The van der Waals surface area contributed by atoms with E-state index in [1.807, 2.05) is 56.3 Å². The maximum absolute atomic E-state index is 12.9. The third kappa shape index (κ3) is 4.12. The van der Waals surface area contributed by atoms with E-state index in [2.05, 4.69) is 0 Å². The predicted octanol–water partition coefficient (Wildman–Crippen LogP) is 2.95. The van der Waals surface area contributed by atoms with Crippen molar-refractivity contribution in [1.29, 1.82) is 0 Å². The lowest BCUT2D eigenvalue weighted by Gasteiger charge is -2.34. The summed E-state index contributed by atoms with van der Waals surface area (Å²) in [5, 5.41) is 11.3. The first-order chi connectivity index (χ1) is 11.0. The van der Waals surface area contributed by atoms with Crippen LogP contribution in [0.15, 0.2) is 30.3 Å². The number of rotatable bonds is 7. The van der Waals surface area contributed by atoms with Crippen LogP contribution in [-0.2, 0) is 15.1 Å². The summed E-state index contributed by atoms with van der Waals surface area (Å²) in [5.74, 6) is -0.557. The number of likely N-dealkylation sites (N-methyl/N-ethyl adjacent to an activating group) is 1. The van der Waals surface area contributed by atoms with Gasteiger partial charge in [-0.2, -0.15) is 0 Å². The molecule has 0 heterocycles. The minimum atomic E-state index is -1.53. The van der Waals surface area contributed by atoms with Crippen molar-refractivity contribution in [3.05, 3.63) is 35.9 Å². The molecule has 1 saturated carbocycles. The molecule has 1 fully saturated rings. The molecule has 4 nitrogen and oxygen atoms in total. The summed E-state index contributed by atoms with van der Waals surface area (Å²) in [6.45, 7) is 2.66. The maximum Gasteiger partial charge on any atom is 0.343 e. The molecule has 0 aliphatic heterocycles. The molecule has 4 heteroatoms. The molecule has 1 aliphatic carbocycles. The third-order valence-electron chi connectivity index (χ3n) is 4.77.